The summed E-state index contributed by atoms with van der Waals surface area (Å²) in [5.41, 5.74) is 1.96. The molecule has 1 fully saturated rings. The first-order valence-corrected chi connectivity index (χ1v) is 10.7. The third kappa shape index (κ3) is 6.07. The molecule has 0 amide bonds. The molecule has 1 heterocycles. The minimum absolute atomic E-state index is 0.580. The van der Waals surface area contributed by atoms with Gasteiger partial charge >= 0.3 is 0 Å². The number of methoxy groups -OCH3 is 4. The Bertz CT molecular complexity index is 849. The first-order chi connectivity index (χ1) is 15.2. The van der Waals surface area contributed by atoms with Crippen LogP contribution in [-0.2, 0) is 0 Å². The van der Waals surface area contributed by atoms with E-state index in [1.165, 1.54) is 19.3 Å². The lowest BCUT2D eigenvalue weighted by atomic mass is 10.1. The van der Waals surface area contributed by atoms with Gasteiger partial charge in [0.25, 0.3) is 0 Å². The number of likely N-dealkylation sites (tertiary alicyclic amines) is 1. The van der Waals surface area contributed by atoms with Crippen LogP contribution in [0.3, 0.4) is 0 Å². The minimum Gasteiger partial charge on any atom is -0.493 e. The summed E-state index contributed by atoms with van der Waals surface area (Å²) in [6.07, 6.45) is 7.93. The van der Waals surface area contributed by atoms with Crippen LogP contribution in [0.4, 0.5) is 0 Å². The maximum Gasteiger partial charge on any atom is 0.203 e. The summed E-state index contributed by atoms with van der Waals surface area (Å²) in [7, 11) is 6.49. The largest absolute Gasteiger partial charge is 0.493 e. The third-order valence-corrected chi connectivity index (χ3v) is 5.46. The Labute approximate surface area is 185 Å². The van der Waals surface area contributed by atoms with E-state index < -0.39 is 0 Å². The van der Waals surface area contributed by atoms with Crippen LogP contribution < -0.4 is 23.7 Å². The number of hydrogen-bond donors (Lipinski definition) is 0. The summed E-state index contributed by atoms with van der Waals surface area (Å²) in [6, 6.07) is 9.77. The van der Waals surface area contributed by atoms with Gasteiger partial charge in [0.2, 0.25) is 5.75 Å². The second-order valence-electron chi connectivity index (χ2n) is 7.45. The molecule has 0 N–H and O–H groups in total. The van der Waals surface area contributed by atoms with Crippen LogP contribution >= 0.6 is 0 Å². The van der Waals surface area contributed by atoms with Crippen LogP contribution in [0.1, 0.15) is 30.4 Å². The maximum absolute atomic E-state index is 6.07. The number of hydrogen-bond acceptors (Lipinski definition) is 6. The second-order valence-corrected chi connectivity index (χ2v) is 7.45. The standard InChI is InChI=1S/C25H33NO5/c1-27-21-11-10-19(16-22(21)31-15-14-26-12-6-5-7-13-26)8-9-20-17-23(28-2)25(30-4)24(18-20)29-3/h8-11,16-18H,5-7,12-15H2,1-4H3/b9-8-. The molecule has 0 bridgehead atoms. The van der Waals surface area contributed by atoms with Crippen molar-refractivity contribution in [3.8, 4) is 28.7 Å². The summed E-state index contributed by atoms with van der Waals surface area (Å²) < 4.78 is 27.8. The van der Waals surface area contributed by atoms with Gasteiger partial charge in [-0.2, -0.15) is 0 Å². The van der Waals surface area contributed by atoms with Crippen molar-refractivity contribution in [1.29, 1.82) is 0 Å². The van der Waals surface area contributed by atoms with Crippen molar-refractivity contribution < 1.29 is 23.7 Å². The van der Waals surface area contributed by atoms with Crippen LogP contribution in [-0.4, -0.2) is 59.6 Å². The van der Waals surface area contributed by atoms with Gasteiger partial charge in [0.05, 0.1) is 28.4 Å². The normalized spacial score (nSPS) is 14.5. The predicted octanol–water partition coefficient (Wildman–Crippen LogP) is 4.76. The predicted molar refractivity (Wildman–Crippen MR) is 124 cm³/mol. The third-order valence-electron chi connectivity index (χ3n) is 5.46. The number of ether oxygens (including phenoxy) is 5. The maximum atomic E-state index is 6.07. The van der Waals surface area contributed by atoms with E-state index in [0.717, 1.165) is 42.3 Å². The van der Waals surface area contributed by atoms with Crippen molar-refractivity contribution in [3.63, 3.8) is 0 Å². The average Bonchev–Trinajstić information content (AvgIpc) is 2.82. The highest BCUT2D eigenvalue weighted by Gasteiger charge is 2.13. The SMILES string of the molecule is COc1ccc(/C=C\c2cc(OC)c(OC)c(OC)c2)cc1OCCN1CCCCC1. The van der Waals surface area contributed by atoms with Gasteiger partial charge in [-0.05, 0) is 61.3 Å². The number of rotatable bonds is 10. The highest BCUT2D eigenvalue weighted by Crippen LogP contribution is 2.38. The molecule has 2 aromatic rings. The van der Waals surface area contributed by atoms with E-state index >= 15 is 0 Å². The van der Waals surface area contributed by atoms with E-state index in [4.69, 9.17) is 23.7 Å². The summed E-state index contributed by atoms with van der Waals surface area (Å²) in [5, 5.41) is 0. The topological polar surface area (TPSA) is 49.4 Å². The van der Waals surface area contributed by atoms with Gasteiger partial charge in [-0.1, -0.05) is 24.6 Å². The van der Waals surface area contributed by atoms with E-state index in [2.05, 4.69) is 4.90 Å². The van der Waals surface area contributed by atoms with Gasteiger partial charge in [-0.15, -0.1) is 0 Å². The van der Waals surface area contributed by atoms with Gasteiger partial charge in [-0.25, -0.2) is 0 Å². The number of nitrogens with zero attached hydrogens (tertiary/aromatic N) is 1. The Morgan fingerprint density at radius 2 is 1.32 bits per heavy atom. The van der Waals surface area contributed by atoms with E-state index in [1.807, 2.05) is 42.5 Å². The molecule has 0 unspecified atom stereocenters. The molecule has 0 aliphatic carbocycles. The quantitative estimate of drug-likeness (QED) is 0.510. The van der Waals surface area contributed by atoms with Gasteiger partial charge in [0.15, 0.2) is 23.0 Å². The monoisotopic (exact) mass is 427 g/mol. The Morgan fingerprint density at radius 1 is 0.710 bits per heavy atom. The Balaban J connectivity index is 1.72. The fraction of sp³-hybridized carbons (Fsp3) is 0.440. The molecule has 168 valence electrons. The van der Waals surface area contributed by atoms with Crippen LogP contribution in [0.15, 0.2) is 30.3 Å². The van der Waals surface area contributed by atoms with E-state index in [0.29, 0.717) is 23.9 Å². The van der Waals surface area contributed by atoms with Crippen LogP contribution in [0.5, 0.6) is 28.7 Å². The molecule has 3 rings (SSSR count). The molecule has 1 aliphatic heterocycles. The highest BCUT2D eigenvalue weighted by molar-refractivity contribution is 5.73. The lowest BCUT2D eigenvalue weighted by Crippen LogP contribution is -2.33. The van der Waals surface area contributed by atoms with Crippen molar-refractivity contribution in [2.24, 2.45) is 0 Å². The molecular formula is C25H33NO5. The summed E-state index contributed by atoms with van der Waals surface area (Å²) in [4.78, 5) is 2.46. The summed E-state index contributed by atoms with van der Waals surface area (Å²) >= 11 is 0. The van der Waals surface area contributed by atoms with Crippen LogP contribution in [0.25, 0.3) is 12.2 Å². The molecule has 31 heavy (non-hydrogen) atoms. The summed E-state index contributed by atoms with van der Waals surface area (Å²) in [6.45, 7) is 3.92. The first kappa shape index (κ1) is 22.8. The first-order valence-electron chi connectivity index (χ1n) is 10.7. The molecule has 2 aromatic carbocycles. The molecule has 0 saturated carbocycles. The van der Waals surface area contributed by atoms with Crippen molar-refractivity contribution in [1.82, 2.24) is 4.90 Å². The van der Waals surface area contributed by atoms with Crippen molar-refractivity contribution in [3.05, 3.63) is 41.5 Å². The highest BCUT2D eigenvalue weighted by atomic mass is 16.5. The van der Waals surface area contributed by atoms with Gasteiger partial charge in [0, 0.05) is 6.54 Å². The molecule has 0 aromatic heterocycles. The van der Waals surface area contributed by atoms with E-state index in [9.17, 15) is 0 Å². The Morgan fingerprint density at radius 3 is 1.94 bits per heavy atom. The Kier molecular flexibility index (Phi) is 8.47. The second kappa shape index (κ2) is 11.5. The fourth-order valence-electron chi connectivity index (χ4n) is 3.77. The van der Waals surface area contributed by atoms with E-state index in [1.54, 1.807) is 28.4 Å². The van der Waals surface area contributed by atoms with Gasteiger partial charge in [0.1, 0.15) is 6.61 Å². The lowest BCUT2D eigenvalue weighted by Gasteiger charge is -2.26. The Hall–Kier alpha value is -2.86. The van der Waals surface area contributed by atoms with Crippen LogP contribution in [0, 0.1) is 0 Å². The molecule has 0 atom stereocenters. The zero-order chi connectivity index (χ0) is 22.1. The molecule has 0 radical (unpaired) electrons. The van der Waals surface area contributed by atoms with E-state index in [-0.39, 0.29) is 0 Å². The molecular weight excluding hydrogens is 394 g/mol. The van der Waals surface area contributed by atoms with Crippen molar-refractivity contribution in [2.45, 2.75) is 19.3 Å². The molecule has 0 spiro atoms. The van der Waals surface area contributed by atoms with Crippen molar-refractivity contribution >= 4 is 12.2 Å². The van der Waals surface area contributed by atoms with Gasteiger partial charge < -0.3 is 23.7 Å². The summed E-state index contributed by atoms with van der Waals surface area (Å²) in [5.74, 6) is 3.32. The zero-order valence-electron chi connectivity index (χ0n) is 19.0. The van der Waals surface area contributed by atoms with Crippen molar-refractivity contribution in [2.75, 3.05) is 54.7 Å². The lowest BCUT2D eigenvalue weighted by molar-refractivity contribution is 0.180. The fourth-order valence-corrected chi connectivity index (χ4v) is 3.77. The van der Waals surface area contributed by atoms with Crippen LogP contribution in [0.2, 0.25) is 0 Å². The molecule has 1 saturated heterocycles. The smallest absolute Gasteiger partial charge is 0.203 e. The number of benzene rings is 2. The molecule has 6 nitrogen and oxygen atoms in total. The average molecular weight is 428 g/mol. The van der Waals surface area contributed by atoms with Gasteiger partial charge in [-0.3, -0.25) is 4.90 Å². The molecule has 1 aliphatic rings. The molecule has 6 heteroatoms. The minimum atomic E-state index is 0.580. The zero-order valence-corrected chi connectivity index (χ0v) is 19.0. The number of piperidine rings is 1.